The lowest BCUT2D eigenvalue weighted by molar-refractivity contribution is -0.118. The number of amidine groups is 1. The van der Waals surface area contributed by atoms with Crippen LogP contribution in [-0.2, 0) is 31.6 Å². The molecule has 2 heterocycles. The number of nitrogens with zero attached hydrogens (tertiary/aromatic N) is 2. The van der Waals surface area contributed by atoms with Crippen LogP contribution in [0.1, 0.15) is 0 Å². The van der Waals surface area contributed by atoms with Crippen molar-refractivity contribution in [3.63, 3.8) is 0 Å². The fraction of sp³-hybridized carbons (Fsp3) is 0.545. The van der Waals surface area contributed by atoms with Crippen LogP contribution in [0.4, 0.5) is 0 Å². The maximum atomic E-state index is 12.0. The van der Waals surface area contributed by atoms with E-state index < -0.39 is 59.3 Å². The summed E-state index contributed by atoms with van der Waals surface area (Å²) in [6.07, 6.45) is 0.0548. The molecule has 0 aromatic carbocycles. The molecular weight excluding hydrogens is 530 g/mol. The van der Waals surface area contributed by atoms with Gasteiger partial charge in [0, 0.05) is 6.20 Å². The SMILES string of the molecule is C=C1N=C(N)C=CN1[C@@H]1O[C@](CCl)(COP(=O)(O)OP(=O)(O)OP(=O)(O)O)[C@@H](O)[C@H]1Cl. The van der Waals surface area contributed by atoms with Crippen LogP contribution >= 0.6 is 46.7 Å². The van der Waals surface area contributed by atoms with Crippen molar-refractivity contribution in [2.45, 2.75) is 23.3 Å². The van der Waals surface area contributed by atoms with Crippen molar-refractivity contribution < 1.29 is 56.3 Å². The summed E-state index contributed by atoms with van der Waals surface area (Å²) in [5.41, 5.74) is 3.62. The number of nitrogens with two attached hydrogens (primary N) is 1. The summed E-state index contributed by atoms with van der Waals surface area (Å²) in [6.45, 7) is 2.66. The van der Waals surface area contributed by atoms with Crippen molar-refractivity contribution in [2.75, 3.05) is 12.5 Å². The monoisotopic (exact) mass is 547 g/mol. The van der Waals surface area contributed by atoms with Crippen molar-refractivity contribution in [3.05, 3.63) is 24.7 Å². The molecule has 7 N–H and O–H groups in total. The molecule has 2 aliphatic rings. The van der Waals surface area contributed by atoms with Crippen molar-refractivity contribution >= 4 is 52.5 Å². The van der Waals surface area contributed by atoms with Gasteiger partial charge in [-0.15, -0.1) is 23.2 Å². The predicted octanol–water partition coefficient (Wildman–Crippen LogP) is 0.290. The normalized spacial score (nSPS) is 33.1. The number of hydrogen-bond acceptors (Lipinski definition) is 11. The van der Waals surface area contributed by atoms with E-state index in [0.717, 1.165) is 0 Å². The molecule has 15 nitrogen and oxygen atoms in total. The summed E-state index contributed by atoms with van der Waals surface area (Å²) < 4.78 is 51.5. The van der Waals surface area contributed by atoms with Gasteiger partial charge in [-0.1, -0.05) is 6.58 Å². The molecule has 0 saturated carbocycles. The van der Waals surface area contributed by atoms with Gasteiger partial charge in [-0.2, -0.15) is 8.62 Å². The molecule has 0 aromatic rings. The largest absolute Gasteiger partial charge is 0.490 e. The molecule has 2 unspecified atom stereocenters. The van der Waals surface area contributed by atoms with Gasteiger partial charge < -0.3 is 40.1 Å². The van der Waals surface area contributed by atoms with Gasteiger partial charge in [0.1, 0.15) is 28.7 Å². The molecule has 0 spiro atoms. The van der Waals surface area contributed by atoms with Gasteiger partial charge in [-0.25, -0.2) is 18.7 Å². The highest BCUT2D eigenvalue weighted by atomic mass is 35.5. The second-order valence-corrected chi connectivity index (χ2v) is 11.3. The Bertz CT molecular complexity index is 927. The van der Waals surface area contributed by atoms with Crippen molar-refractivity contribution in [1.82, 2.24) is 4.90 Å². The van der Waals surface area contributed by atoms with Gasteiger partial charge in [-0.3, -0.25) is 4.52 Å². The first kappa shape index (κ1) is 26.9. The van der Waals surface area contributed by atoms with Gasteiger partial charge in [0.15, 0.2) is 6.23 Å². The Morgan fingerprint density at radius 1 is 1.26 bits per heavy atom. The maximum absolute atomic E-state index is 12.0. The van der Waals surface area contributed by atoms with Gasteiger partial charge in [-0.05, 0) is 6.08 Å². The molecule has 31 heavy (non-hydrogen) atoms. The Morgan fingerprint density at radius 3 is 2.39 bits per heavy atom. The first-order valence-corrected chi connectivity index (χ1v) is 13.3. The number of phosphoric acid groups is 3. The number of aliphatic hydroxyl groups excluding tert-OH is 1. The smallest absolute Gasteiger partial charge is 0.388 e. The zero-order valence-corrected chi connectivity index (χ0v) is 19.4. The van der Waals surface area contributed by atoms with Crippen LogP contribution in [0.2, 0.25) is 0 Å². The number of rotatable bonds is 9. The first-order valence-electron chi connectivity index (χ1n) is 7.85. The molecule has 0 aromatic heterocycles. The fourth-order valence-corrected chi connectivity index (χ4v) is 6.29. The molecule has 6 atom stereocenters. The number of alkyl halides is 2. The Labute approximate surface area is 185 Å². The van der Waals surface area contributed by atoms with Crippen LogP contribution in [0.25, 0.3) is 0 Å². The highest BCUT2D eigenvalue weighted by molar-refractivity contribution is 7.66. The topological polar surface area (TPSA) is 231 Å². The third-order valence-corrected chi connectivity index (χ3v) is 8.51. The van der Waals surface area contributed by atoms with Crippen LogP contribution in [0.5, 0.6) is 0 Å². The molecule has 2 aliphatic heterocycles. The van der Waals surface area contributed by atoms with Gasteiger partial charge in [0.25, 0.3) is 0 Å². The second kappa shape index (κ2) is 9.49. The molecule has 0 bridgehead atoms. The summed E-state index contributed by atoms with van der Waals surface area (Å²) >= 11 is 12.1. The minimum atomic E-state index is -5.72. The summed E-state index contributed by atoms with van der Waals surface area (Å²) in [6, 6.07) is 0. The van der Waals surface area contributed by atoms with Crippen molar-refractivity contribution in [2.24, 2.45) is 10.7 Å². The lowest BCUT2D eigenvalue weighted by atomic mass is 10.00. The highest BCUT2D eigenvalue weighted by Crippen LogP contribution is 2.66. The molecule has 1 fully saturated rings. The Morgan fingerprint density at radius 2 is 1.87 bits per heavy atom. The average Bonchev–Trinajstić information content (AvgIpc) is 2.82. The second-order valence-electron chi connectivity index (χ2n) is 6.14. The zero-order valence-electron chi connectivity index (χ0n) is 15.2. The van der Waals surface area contributed by atoms with Crippen molar-refractivity contribution in [3.8, 4) is 0 Å². The number of aliphatic hydroxyl groups is 1. The van der Waals surface area contributed by atoms with Crippen LogP contribution in [0, 0.1) is 0 Å². The molecular formula is C11H18Cl2N3O12P3. The Hall–Kier alpha value is -0.340. The zero-order chi connectivity index (χ0) is 23.8. The molecule has 0 aliphatic carbocycles. The number of hydrogen-bond donors (Lipinski definition) is 6. The molecule has 2 rings (SSSR count). The molecule has 20 heteroatoms. The third kappa shape index (κ3) is 6.83. The highest BCUT2D eigenvalue weighted by Gasteiger charge is 2.57. The lowest BCUT2D eigenvalue weighted by Gasteiger charge is -2.33. The van der Waals surface area contributed by atoms with Crippen LogP contribution in [0.3, 0.4) is 0 Å². The Balaban J connectivity index is 2.14. The summed E-state index contributed by atoms with van der Waals surface area (Å²) in [5, 5.41) is 9.33. The summed E-state index contributed by atoms with van der Waals surface area (Å²) in [5.74, 6) is -0.303. The number of ether oxygens (including phenoxy) is 1. The van der Waals surface area contributed by atoms with Gasteiger partial charge >= 0.3 is 23.5 Å². The molecule has 178 valence electrons. The van der Waals surface area contributed by atoms with E-state index >= 15 is 0 Å². The van der Waals surface area contributed by atoms with Crippen LogP contribution in [-0.4, -0.2) is 71.2 Å². The molecule has 0 amide bonds. The van der Waals surface area contributed by atoms with E-state index in [9.17, 15) is 28.6 Å². The number of aliphatic imine (C=N–C) groups is 1. The standard InChI is InChI=1S/C11H18Cl2N3O12P3/c1-6-15-7(14)2-3-16(6)10-8(13)9(17)11(4-12,26-10)5-25-30(21,22)28-31(23,24)27-29(18,19)20/h2-3,8-10,17H,1,4-5H2,(H2,14,15)(H,21,22)(H,23,24)(H2,18,19,20)/t8-,9+,10-,11-/m1/s1. The van der Waals surface area contributed by atoms with Crippen LogP contribution < -0.4 is 5.73 Å². The van der Waals surface area contributed by atoms with Crippen LogP contribution in [0.15, 0.2) is 29.7 Å². The molecule has 0 radical (unpaired) electrons. The van der Waals surface area contributed by atoms with Crippen molar-refractivity contribution in [1.29, 1.82) is 0 Å². The van der Waals surface area contributed by atoms with E-state index in [1.54, 1.807) is 0 Å². The quantitative estimate of drug-likeness (QED) is 0.168. The molecule has 1 saturated heterocycles. The van der Waals surface area contributed by atoms with E-state index in [2.05, 4.69) is 24.7 Å². The average molecular weight is 548 g/mol. The number of halogens is 2. The minimum Gasteiger partial charge on any atom is -0.388 e. The predicted molar refractivity (Wildman–Crippen MR) is 106 cm³/mol. The van der Waals surface area contributed by atoms with E-state index in [1.807, 2.05) is 0 Å². The van der Waals surface area contributed by atoms with E-state index in [0.29, 0.717) is 0 Å². The first-order chi connectivity index (χ1) is 14.0. The third-order valence-electron chi connectivity index (χ3n) is 3.82. The fourth-order valence-electron chi connectivity index (χ4n) is 2.51. The summed E-state index contributed by atoms with van der Waals surface area (Å²) in [4.78, 5) is 41.1. The lowest BCUT2D eigenvalue weighted by Crippen LogP contribution is -2.47. The van der Waals surface area contributed by atoms with Gasteiger partial charge in [0.05, 0.1) is 12.5 Å². The van der Waals surface area contributed by atoms with E-state index in [1.165, 1.54) is 17.2 Å². The summed E-state index contributed by atoms with van der Waals surface area (Å²) in [7, 11) is -16.8. The number of phosphoric ester groups is 1. The maximum Gasteiger partial charge on any atom is 0.490 e. The minimum absolute atomic E-state index is 0.0982. The van der Waals surface area contributed by atoms with Gasteiger partial charge in [0.2, 0.25) is 0 Å². The van der Waals surface area contributed by atoms with E-state index in [4.69, 9.17) is 43.5 Å². The Kier molecular flexibility index (Phi) is 8.24. The van der Waals surface area contributed by atoms with E-state index in [-0.39, 0.29) is 11.7 Å².